The van der Waals surface area contributed by atoms with Gasteiger partial charge in [0.05, 0.1) is 12.2 Å². The van der Waals surface area contributed by atoms with Gasteiger partial charge in [-0.1, -0.05) is 13.8 Å². The number of rotatable bonds is 7. The number of halogens is 1. The van der Waals surface area contributed by atoms with E-state index in [1.165, 1.54) is 12.1 Å². The highest BCUT2D eigenvalue weighted by atomic mass is 19.1. The summed E-state index contributed by atoms with van der Waals surface area (Å²) in [6, 6.07) is 3.60. The van der Waals surface area contributed by atoms with E-state index in [4.69, 9.17) is 15.2 Å². The minimum Gasteiger partial charge on any atom is -0.460 e. The van der Waals surface area contributed by atoms with Crippen molar-refractivity contribution in [2.45, 2.75) is 20.3 Å². The molecular weight excluding hydrogens is 249 g/mol. The van der Waals surface area contributed by atoms with Gasteiger partial charge in [-0.25, -0.2) is 9.18 Å². The minimum absolute atomic E-state index is 0.0437. The summed E-state index contributed by atoms with van der Waals surface area (Å²) < 4.78 is 23.2. The fourth-order valence-corrected chi connectivity index (χ4v) is 1.40. The smallest absolute Gasteiger partial charge is 0.340 e. The molecule has 106 valence electrons. The fourth-order valence-electron chi connectivity index (χ4n) is 1.40. The number of benzene rings is 1. The molecule has 4 nitrogen and oxygen atoms in total. The van der Waals surface area contributed by atoms with Crippen molar-refractivity contribution in [1.29, 1.82) is 0 Å². The van der Waals surface area contributed by atoms with Gasteiger partial charge >= 0.3 is 5.97 Å². The number of carbonyl (C=O) groups is 1. The van der Waals surface area contributed by atoms with Crippen LogP contribution in [0.15, 0.2) is 18.2 Å². The van der Waals surface area contributed by atoms with Crippen molar-refractivity contribution in [2.75, 3.05) is 25.6 Å². The largest absolute Gasteiger partial charge is 0.460 e. The third-order valence-electron chi connectivity index (χ3n) is 2.54. The van der Waals surface area contributed by atoms with Crippen LogP contribution in [0.5, 0.6) is 0 Å². The Hall–Kier alpha value is -1.62. The quantitative estimate of drug-likeness (QED) is 0.469. The predicted molar refractivity (Wildman–Crippen MR) is 71.4 cm³/mol. The number of hydrogen-bond acceptors (Lipinski definition) is 4. The van der Waals surface area contributed by atoms with E-state index in [9.17, 15) is 9.18 Å². The van der Waals surface area contributed by atoms with Crippen LogP contribution in [0, 0.1) is 11.7 Å². The Labute approximate surface area is 112 Å². The summed E-state index contributed by atoms with van der Waals surface area (Å²) >= 11 is 0. The topological polar surface area (TPSA) is 61.5 Å². The van der Waals surface area contributed by atoms with Gasteiger partial charge in [-0.05, 0) is 30.5 Å². The Kier molecular flexibility index (Phi) is 6.29. The zero-order chi connectivity index (χ0) is 14.3. The number of hydrogen-bond donors (Lipinski definition) is 1. The van der Waals surface area contributed by atoms with E-state index in [0.717, 1.165) is 12.5 Å². The Morgan fingerprint density at radius 1 is 1.32 bits per heavy atom. The van der Waals surface area contributed by atoms with Crippen LogP contribution in [0.1, 0.15) is 30.6 Å². The lowest BCUT2D eigenvalue weighted by Crippen LogP contribution is -2.13. The second-order valence-corrected chi connectivity index (χ2v) is 4.66. The van der Waals surface area contributed by atoms with Gasteiger partial charge in [-0.3, -0.25) is 0 Å². The van der Waals surface area contributed by atoms with Gasteiger partial charge in [0.2, 0.25) is 0 Å². The maximum Gasteiger partial charge on any atom is 0.340 e. The van der Waals surface area contributed by atoms with E-state index in [1.807, 2.05) is 0 Å². The number of nitrogen functional groups attached to an aromatic ring is 1. The van der Waals surface area contributed by atoms with Crippen LogP contribution in [0.3, 0.4) is 0 Å². The van der Waals surface area contributed by atoms with Crippen LogP contribution in [0.2, 0.25) is 0 Å². The first-order chi connectivity index (χ1) is 9.00. The minimum atomic E-state index is -0.635. The molecule has 0 aliphatic rings. The molecule has 0 aliphatic heterocycles. The Balaban J connectivity index is 2.29. The molecule has 19 heavy (non-hydrogen) atoms. The molecule has 0 aromatic heterocycles. The average molecular weight is 269 g/mol. The Morgan fingerprint density at radius 3 is 2.74 bits per heavy atom. The van der Waals surface area contributed by atoms with Crippen LogP contribution >= 0.6 is 0 Å². The molecule has 0 aliphatic carbocycles. The second kappa shape index (κ2) is 7.74. The maximum absolute atomic E-state index is 13.0. The highest BCUT2D eigenvalue weighted by molar-refractivity contribution is 5.95. The van der Waals surface area contributed by atoms with E-state index in [-0.39, 0.29) is 17.9 Å². The maximum atomic E-state index is 13.0. The molecule has 2 N–H and O–H groups in total. The zero-order valence-electron chi connectivity index (χ0n) is 11.3. The van der Waals surface area contributed by atoms with Crippen LogP contribution in [0.4, 0.5) is 10.1 Å². The normalized spacial score (nSPS) is 10.7. The fraction of sp³-hybridized carbons (Fsp3) is 0.500. The van der Waals surface area contributed by atoms with Gasteiger partial charge in [-0.2, -0.15) is 0 Å². The summed E-state index contributed by atoms with van der Waals surface area (Å²) in [4.78, 5) is 11.6. The number of esters is 1. The van der Waals surface area contributed by atoms with E-state index in [2.05, 4.69) is 13.8 Å². The standard InChI is InChI=1S/C14H20FNO3/c1-10(2)5-6-18-7-8-19-14(17)12-9-11(15)3-4-13(12)16/h3-4,9-10H,5-8,16H2,1-2H3. The molecule has 1 aromatic rings. The molecule has 0 unspecified atom stereocenters. The van der Waals surface area contributed by atoms with E-state index < -0.39 is 11.8 Å². The second-order valence-electron chi connectivity index (χ2n) is 4.66. The number of carbonyl (C=O) groups excluding carboxylic acids is 1. The van der Waals surface area contributed by atoms with Crippen molar-refractivity contribution >= 4 is 11.7 Å². The van der Waals surface area contributed by atoms with Crippen LogP contribution < -0.4 is 5.73 Å². The molecule has 5 heteroatoms. The SMILES string of the molecule is CC(C)CCOCCOC(=O)c1cc(F)ccc1N. The van der Waals surface area contributed by atoms with Gasteiger partial charge in [0.1, 0.15) is 12.4 Å². The Morgan fingerprint density at radius 2 is 2.05 bits per heavy atom. The van der Waals surface area contributed by atoms with Gasteiger partial charge in [0.25, 0.3) is 0 Å². The summed E-state index contributed by atoms with van der Waals surface area (Å²) in [7, 11) is 0. The third-order valence-corrected chi connectivity index (χ3v) is 2.54. The van der Waals surface area contributed by atoms with E-state index in [0.29, 0.717) is 19.1 Å². The van der Waals surface area contributed by atoms with Crippen molar-refractivity contribution in [3.8, 4) is 0 Å². The average Bonchev–Trinajstić information content (AvgIpc) is 2.36. The monoisotopic (exact) mass is 269 g/mol. The van der Waals surface area contributed by atoms with Crippen molar-refractivity contribution < 1.29 is 18.7 Å². The highest BCUT2D eigenvalue weighted by Gasteiger charge is 2.12. The summed E-state index contributed by atoms with van der Waals surface area (Å²) in [6.07, 6.45) is 0.963. The first kappa shape index (κ1) is 15.4. The van der Waals surface area contributed by atoms with Crippen LogP contribution in [-0.4, -0.2) is 25.8 Å². The molecule has 0 radical (unpaired) electrons. The van der Waals surface area contributed by atoms with Gasteiger partial charge in [0, 0.05) is 12.3 Å². The molecule has 1 rings (SSSR count). The Bertz CT molecular complexity index is 421. The van der Waals surface area contributed by atoms with Gasteiger partial charge in [0.15, 0.2) is 0 Å². The first-order valence-corrected chi connectivity index (χ1v) is 6.30. The van der Waals surface area contributed by atoms with Gasteiger partial charge < -0.3 is 15.2 Å². The molecule has 0 amide bonds. The number of ether oxygens (including phenoxy) is 2. The molecule has 0 spiro atoms. The molecule has 0 saturated heterocycles. The third kappa shape index (κ3) is 5.70. The molecule has 0 heterocycles. The lowest BCUT2D eigenvalue weighted by atomic mass is 10.1. The van der Waals surface area contributed by atoms with E-state index in [1.54, 1.807) is 0 Å². The summed E-state index contributed by atoms with van der Waals surface area (Å²) in [5, 5.41) is 0. The zero-order valence-corrected chi connectivity index (χ0v) is 11.3. The lowest BCUT2D eigenvalue weighted by molar-refractivity contribution is 0.0304. The number of nitrogens with two attached hydrogens (primary N) is 1. The predicted octanol–water partition coefficient (Wildman–Crippen LogP) is 2.63. The van der Waals surface area contributed by atoms with Crippen molar-refractivity contribution in [3.63, 3.8) is 0 Å². The number of anilines is 1. The summed E-state index contributed by atoms with van der Waals surface area (Å²) in [5.41, 5.74) is 5.82. The lowest BCUT2D eigenvalue weighted by Gasteiger charge is -2.08. The van der Waals surface area contributed by atoms with E-state index >= 15 is 0 Å². The van der Waals surface area contributed by atoms with Gasteiger partial charge in [-0.15, -0.1) is 0 Å². The molecule has 1 aromatic carbocycles. The highest BCUT2D eigenvalue weighted by Crippen LogP contribution is 2.14. The first-order valence-electron chi connectivity index (χ1n) is 6.30. The molecule has 0 saturated carbocycles. The van der Waals surface area contributed by atoms with Crippen molar-refractivity contribution in [2.24, 2.45) is 5.92 Å². The molecule has 0 bridgehead atoms. The van der Waals surface area contributed by atoms with Crippen LogP contribution in [-0.2, 0) is 9.47 Å². The molecule has 0 fully saturated rings. The van der Waals surface area contributed by atoms with Crippen molar-refractivity contribution in [1.82, 2.24) is 0 Å². The van der Waals surface area contributed by atoms with Crippen molar-refractivity contribution in [3.05, 3.63) is 29.6 Å². The molecule has 0 atom stereocenters. The molecular formula is C14H20FNO3. The summed E-state index contributed by atoms with van der Waals surface area (Å²) in [6.45, 7) is 5.31. The summed E-state index contributed by atoms with van der Waals surface area (Å²) in [5.74, 6) is -0.576. The van der Waals surface area contributed by atoms with Crippen LogP contribution in [0.25, 0.3) is 0 Å².